The molecule has 0 rings (SSSR count). The number of aliphatic hydroxyl groups is 1. The van der Waals surface area contributed by atoms with Gasteiger partial charge in [-0.25, -0.2) is 9.59 Å². The molecule has 0 aromatic heterocycles. The molecule has 24 heavy (non-hydrogen) atoms. The van der Waals surface area contributed by atoms with E-state index in [4.69, 9.17) is 19.7 Å². The van der Waals surface area contributed by atoms with Crippen LogP contribution in [-0.4, -0.2) is 47.8 Å². The molecule has 7 heteroatoms. The van der Waals surface area contributed by atoms with Gasteiger partial charge in [-0.15, -0.1) is 0 Å². The molecule has 0 spiro atoms. The molecular weight excluding hydrogens is 328 g/mol. The molecule has 0 saturated carbocycles. The molecule has 0 unspecified atom stereocenters. The summed E-state index contributed by atoms with van der Waals surface area (Å²) in [5.41, 5.74) is 0. The topological polar surface area (TPSA) is 104 Å². The van der Waals surface area contributed by atoms with Crippen molar-refractivity contribution >= 4 is 20.3 Å². The second kappa shape index (κ2) is 10.8. The molecule has 0 aliphatic heterocycles. The Bertz CT molecular complexity index is 385. The van der Waals surface area contributed by atoms with Crippen LogP contribution in [0, 0.1) is 11.8 Å². The third-order valence-corrected chi connectivity index (χ3v) is 8.42. The van der Waals surface area contributed by atoms with Crippen LogP contribution in [-0.2, 0) is 14.0 Å². The highest BCUT2D eigenvalue weighted by molar-refractivity contribution is 6.74. The van der Waals surface area contributed by atoms with E-state index in [0.717, 1.165) is 0 Å². The zero-order valence-corrected chi connectivity index (χ0v) is 16.9. The first-order chi connectivity index (χ1) is 10.0. The van der Waals surface area contributed by atoms with E-state index < -0.39 is 32.5 Å². The zero-order valence-electron chi connectivity index (χ0n) is 15.9. The second-order valence-electron chi connectivity index (χ2n) is 7.91. The normalized spacial score (nSPS) is 14.3. The predicted molar refractivity (Wildman–Crippen MR) is 99.8 cm³/mol. The lowest BCUT2D eigenvalue weighted by Crippen LogP contribution is -2.47. The summed E-state index contributed by atoms with van der Waals surface area (Å²) in [5, 5.41) is 25.8. The maximum atomic E-state index is 11.0. The molecule has 0 aromatic rings. The van der Waals surface area contributed by atoms with E-state index in [1.54, 1.807) is 13.8 Å². The summed E-state index contributed by atoms with van der Waals surface area (Å²) < 4.78 is 5.86. The lowest BCUT2D eigenvalue weighted by Gasteiger charge is -2.39. The number of rotatable bonds is 6. The summed E-state index contributed by atoms with van der Waals surface area (Å²) in [6, 6.07) is 0. The van der Waals surface area contributed by atoms with Crippen LogP contribution >= 0.6 is 0 Å². The van der Waals surface area contributed by atoms with Gasteiger partial charge in [-0.05, 0) is 30.0 Å². The Morgan fingerprint density at radius 3 is 1.42 bits per heavy atom. The average Bonchev–Trinajstić information content (AvgIpc) is 2.33. The maximum Gasteiger partial charge on any atom is 0.332 e. The van der Waals surface area contributed by atoms with Crippen molar-refractivity contribution in [2.45, 2.75) is 86.2 Å². The fourth-order valence-electron chi connectivity index (χ4n) is 1.25. The minimum absolute atomic E-state index is 0. The SMILES string of the molecule is C.CC(C)[C@H](O)C(=O)O.CC(C)[C@H](O[Si](C)(C)C(C)(C)C)C(=O)O. The van der Waals surface area contributed by atoms with E-state index in [9.17, 15) is 9.59 Å². The lowest BCUT2D eigenvalue weighted by atomic mass is 10.1. The molecule has 0 aliphatic rings. The molecule has 0 aromatic carbocycles. The van der Waals surface area contributed by atoms with Crippen molar-refractivity contribution in [3.8, 4) is 0 Å². The monoisotopic (exact) mass is 366 g/mol. The Kier molecular flexibility index (Phi) is 12.6. The molecule has 0 fully saturated rings. The molecule has 2 atom stereocenters. The van der Waals surface area contributed by atoms with Gasteiger partial charge in [0.2, 0.25) is 0 Å². The van der Waals surface area contributed by atoms with Gasteiger partial charge in [0.05, 0.1) is 0 Å². The Labute approximate surface area is 148 Å². The first-order valence-corrected chi connectivity index (χ1v) is 10.8. The largest absolute Gasteiger partial charge is 0.479 e. The molecule has 146 valence electrons. The van der Waals surface area contributed by atoms with Crippen molar-refractivity contribution in [2.24, 2.45) is 11.8 Å². The van der Waals surface area contributed by atoms with Crippen molar-refractivity contribution in [1.82, 2.24) is 0 Å². The lowest BCUT2D eigenvalue weighted by molar-refractivity contribution is -0.149. The van der Waals surface area contributed by atoms with Gasteiger partial charge in [0.1, 0.15) is 6.10 Å². The van der Waals surface area contributed by atoms with Crippen molar-refractivity contribution in [2.75, 3.05) is 0 Å². The van der Waals surface area contributed by atoms with E-state index in [0.29, 0.717) is 0 Å². The fraction of sp³-hybridized carbons (Fsp3) is 0.882. The molecule has 0 saturated heterocycles. The van der Waals surface area contributed by atoms with Gasteiger partial charge in [-0.3, -0.25) is 0 Å². The number of hydrogen-bond acceptors (Lipinski definition) is 4. The van der Waals surface area contributed by atoms with Gasteiger partial charge in [0, 0.05) is 0 Å². The predicted octanol–water partition coefficient (Wildman–Crippen LogP) is 3.84. The summed E-state index contributed by atoms with van der Waals surface area (Å²) >= 11 is 0. The summed E-state index contributed by atoms with van der Waals surface area (Å²) in [4.78, 5) is 20.9. The highest BCUT2D eigenvalue weighted by Crippen LogP contribution is 2.38. The summed E-state index contributed by atoms with van der Waals surface area (Å²) in [6.07, 6.45) is -1.89. The molecular formula is C17H38O6Si. The minimum Gasteiger partial charge on any atom is -0.479 e. The number of hydrogen-bond donors (Lipinski definition) is 3. The van der Waals surface area contributed by atoms with Gasteiger partial charge in [-0.2, -0.15) is 0 Å². The fourth-order valence-corrected chi connectivity index (χ4v) is 2.61. The van der Waals surface area contributed by atoms with E-state index in [-0.39, 0.29) is 24.3 Å². The number of aliphatic hydroxyl groups excluding tert-OH is 1. The molecule has 0 bridgehead atoms. The highest BCUT2D eigenvalue weighted by atomic mass is 28.4. The summed E-state index contributed by atoms with van der Waals surface area (Å²) in [7, 11) is -1.97. The van der Waals surface area contributed by atoms with Gasteiger partial charge in [0.15, 0.2) is 14.4 Å². The summed E-state index contributed by atoms with van der Waals surface area (Å²) in [6.45, 7) is 17.5. The number of aliphatic carboxylic acids is 2. The average molecular weight is 367 g/mol. The third-order valence-electron chi connectivity index (χ3n) is 3.96. The van der Waals surface area contributed by atoms with Crippen LogP contribution in [0.5, 0.6) is 0 Å². The number of carboxylic acid groups (broad SMARTS) is 2. The van der Waals surface area contributed by atoms with Crippen molar-refractivity contribution < 1.29 is 29.3 Å². The molecule has 0 aliphatic carbocycles. The van der Waals surface area contributed by atoms with E-state index in [1.807, 2.05) is 13.8 Å². The molecule has 3 N–H and O–H groups in total. The highest BCUT2D eigenvalue weighted by Gasteiger charge is 2.41. The Morgan fingerprint density at radius 1 is 0.917 bits per heavy atom. The van der Waals surface area contributed by atoms with Crippen molar-refractivity contribution in [3.63, 3.8) is 0 Å². The van der Waals surface area contributed by atoms with Gasteiger partial charge in [0.25, 0.3) is 0 Å². The third kappa shape index (κ3) is 10.0. The zero-order chi connectivity index (χ0) is 19.2. The Balaban J connectivity index is -0.000000419. The van der Waals surface area contributed by atoms with E-state index >= 15 is 0 Å². The van der Waals surface area contributed by atoms with E-state index in [2.05, 4.69) is 33.9 Å². The van der Waals surface area contributed by atoms with Gasteiger partial charge >= 0.3 is 11.9 Å². The smallest absolute Gasteiger partial charge is 0.332 e. The van der Waals surface area contributed by atoms with Crippen LogP contribution in [0.1, 0.15) is 55.9 Å². The van der Waals surface area contributed by atoms with Crippen molar-refractivity contribution in [3.05, 3.63) is 0 Å². The molecule has 0 radical (unpaired) electrons. The summed E-state index contributed by atoms with van der Waals surface area (Å²) in [5.74, 6) is -2.20. The van der Waals surface area contributed by atoms with Crippen LogP contribution in [0.4, 0.5) is 0 Å². The van der Waals surface area contributed by atoms with Gasteiger partial charge < -0.3 is 19.7 Å². The Hall–Kier alpha value is -0.923. The van der Waals surface area contributed by atoms with Crippen LogP contribution in [0.3, 0.4) is 0 Å². The van der Waals surface area contributed by atoms with Crippen LogP contribution in [0.15, 0.2) is 0 Å². The maximum absolute atomic E-state index is 11.0. The molecule has 6 nitrogen and oxygen atoms in total. The number of carbonyl (C=O) groups is 2. The Morgan fingerprint density at radius 2 is 1.29 bits per heavy atom. The van der Waals surface area contributed by atoms with Crippen LogP contribution in [0.25, 0.3) is 0 Å². The standard InChI is InChI=1S/C11H24O3Si.C5H10O3.CH4/c1-8(2)9(10(12)13)14-15(6,7)11(3,4)5;1-3(2)4(6)5(7)8;/h8-9H,1-7H3,(H,12,13);3-4,6H,1-2H3,(H,7,8);1H4/t9-;4-;/m00./s1. The van der Waals surface area contributed by atoms with E-state index in [1.165, 1.54) is 0 Å². The van der Waals surface area contributed by atoms with Gasteiger partial charge in [-0.1, -0.05) is 55.9 Å². The van der Waals surface area contributed by atoms with Crippen LogP contribution in [0.2, 0.25) is 18.1 Å². The van der Waals surface area contributed by atoms with Crippen LogP contribution < -0.4 is 0 Å². The quantitative estimate of drug-likeness (QED) is 0.617. The molecule has 0 amide bonds. The molecule has 0 heterocycles. The minimum atomic E-state index is -1.97. The number of carboxylic acids is 2. The van der Waals surface area contributed by atoms with Crippen molar-refractivity contribution in [1.29, 1.82) is 0 Å². The first kappa shape index (κ1) is 27.9. The second-order valence-corrected chi connectivity index (χ2v) is 12.7. The first-order valence-electron chi connectivity index (χ1n) is 7.86.